The Bertz CT molecular complexity index is 1020. The minimum atomic E-state index is -3.80. The second kappa shape index (κ2) is 7.14. The molecule has 0 atom stereocenters. The van der Waals surface area contributed by atoms with Gasteiger partial charge >= 0.3 is 5.95 Å². The van der Waals surface area contributed by atoms with Gasteiger partial charge in [0, 0.05) is 13.1 Å². The van der Waals surface area contributed by atoms with Crippen LogP contribution in [0.4, 0.5) is 11.8 Å². The van der Waals surface area contributed by atoms with Crippen molar-refractivity contribution in [1.82, 2.24) is 10.3 Å². The number of nitrogens with zero attached hydrogens (tertiary/aromatic N) is 2. The molecular weight excluding hydrogens is 376 g/mol. The number of sulfonamides is 1. The van der Waals surface area contributed by atoms with Gasteiger partial charge in [-0.1, -0.05) is 17.1 Å². The Morgan fingerprint density at radius 2 is 2.04 bits per heavy atom. The first-order valence-corrected chi connectivity index (χ1v) is 9.62. The lowest BCUT2D eigenvalue weighted by Crippen LogP contribution is -2.19. The summed E-state index contributed by atoms with van der Waals surface area (Å²) in [6.07, 6.45) is 3.14. The fourth-order valence-corrected chi connectivity index (χ4v) is 3.87. The molecule has 1 aliphatic rings. The van der Waals surface area contributed by atoms with E-state index in [1.807, 2.05) is 0 Å². The van der Waals surface area contributed by atoms with Crippen LogP contribution < -0.4 is 20.8 Å². The average Bonchev–Trinajstić information content (AvgIpc) is 2.95. The monoisotopic (exact) mass is 391 g/mol. The van der Waals surface area contributed by atoms with Gasteiger partial charge in [-0.25, -0.2) is 18.1 Å². The molecule has 0 radical (unpaired) electrons. The molecule has 2 heterocycles. The Hall–Kier alpha value is -2.92. The fourth-order valence-electron chi connectivity index (χ4n) is 2.08. The number of nitrogens with one attached hydrogen (secondary N) is 3. The highest BCUT2D eigenvalue weighted by molar-refractivity contribution is 8.18. The minimum Gasteiger partial charge on any atom is -0.301 e. The van der Waals surface area contributed by atoms with E-state index in [1.165, 1.54) is 36.2 Å². The second-order valence-electron chi connectivity index (χ2n) is 5.13. The highest BCUT2D eigenvalue weighted by atomic mass is 32.2. The van der Waals surface area contributed by atoms with Crippen molar-refractivity contribution in [1.29, 1.82) is 0 Å². The Balaban J connectivity index is 1.80. The van der Waals surface area contributed by atoms with Crippen LogP contribution >= 0.6 is 11.8 Å². The first kappa shape index (κ1) is 17.9. The van der Waals surface area contributed by atoms with Gasteiger partial charge in [0.15, 0.2) is 5.17 Å². The van der Waals surface area contributed by atoms with E-state index in [0.29, 0.717) is 15.6 Å². The first-order valence-electron chi connectivity index (χ1n) is 7.32. The number of nitrogen functional groups attached to an aromatic ring is 1. The Morgan fingerprint density at radius 3 is 2.65 bits per heavy atom. The normalized spacial score (nSPS) is 17.5. The minimum absolute atomic E-state index is 0.0622. The molecule has 1 aromatic carbocycles. The summed E-state index contributed by atoms with van der Waals surface area (Å²) in [6.45, 7) is 0. The third kappa shape index (κ3) is 4.00. The molecule has 2 aromatic rings. The van der Waals surface area contributed by atoms with Crippen molar-refractivity contribution < 1.29 is 18.2 Å². The summed E-state index contributed by atoms with van der Waals surface area (Å²) in [7, 11) is -2.22. The van der Waals surface area contributed by atoms with Crippen LogP contribution in [0.1, 0.15) is 5.56 Å². The van der Waals surface area contributed by atoms with Gasteiger partial charge in [-0.15, -0.1) is 0 Å². The van der Waals surface area contributed by atoms with Crippen molar-refractivity contribution in [3.8, 4) is 0 Å². The molecule has 0 saturated carbocycles. The Labute approximate surface area is 153 Å². The molecule has 1 fully saturated rings. The first-order chi connectivity index (χ1) is 12.4. The van der Waals surface area contributed by atoms with Crippen molar-refractivity contribution in [2.45, 2.75) is 4.90 Å². The van der Waals surface area contributed by atoms with Crippen LogP contribution in [0.25, 0.3) is 6.08 Å². The van der Waals surface area contributed by atoms with E-state index in [4.69, 9.17) is 5.73 Å². The number of nitrogens with two attached hydrogens (primary N) is 1. The SMILES string of the molecule is CN=C1NC(=O)C(=Cc2ccc(S(=O)(=O)Nc3cc[nH+]c(N)n3)cc2)S1. The lowest BCUT2D eigenvalue weighted by atomic mass is 10.2. The number of aliphatic imine (C=N–C) groups is 1. The Kier molecular flexibility index (Phi) is 4.91. The summed E-state index contributed by atoms with van der Waals surface area (Å²) in [5.41, 5.74) is 6.18. The molecule has 1 amide bonds. The number of anilines is 2. The lowest BCUT2D eigenvalue weighted by molar-refractivity contribution is -0.364. The zero-order chi connectivity index (χ0) is 18.7. The molecule has 26 heavy (non-hydrogen) atoms. The van der Waals surface area contributed by atoms with Crippen molar-refractivity contribution in [2.75, 3.05) is 17.5 Å². The average molecular weight is 391 g/mol. The van der Waals surface area contributed by atoms with Crippen LogP contribution in [0.3, 0.4) is 0 Å². The summed E-state index contributed by atoms with van der Waals surface area (Å²) in [5, 5.41) is 3.15. The Morgan fingerprint density at radius 1 is 1.31 bits per heavy atom. The molecule has 0 bridgehead atoms. The number of H-pyrrole nitrogens is 1. The van der Waals surface area contributed by atoms with Crippen LogP contribution in [-0.4, -0.2) is 31.5 Å². The molecule has 9 nitrogen and oxygen atoms in total. The highest BCUT2D eigenvalue weighted by Gasteiger charge is 2.23. The fraction of sp³-hybridized carbons (Fsp3) is 0.0667. The molecule has 0 spiro atoms. The molecule has 11 heteroatoms. The summed E-state index contributed by atoms with van der Waals surface area (Å²) in [5.74, 6) is -0.0362. The third-order valence-electron chi connectivity index (χ3n) is 3.29. The number of aromatic nitrogens is 2. The molecular formula is C15H15N6O3S2+. The van der Waals surface area contributed by atoms with E-state index in [2.05, 4.69) is 25.0 Å². The zero-order valence-electron chi connectivity index (χ0n) is 13.6. The maximum absolute atomic E-state index is 12.4. The van der Waals surface area contributed by atoms with Crippen molar-refractivity contribution >= 4 is 50.7 Å². The highest BCUT2D eigenvalue weighted by Crippen LogP contribution is 2.26. The van der Waals surface area contributed by atoms with Gasteiger partial charge in [0.05, 0.1) is 16.0 Å². The van der Waals surface area contributed by atoms with E-state index < -0.39 is 10.0 Å². The van der Waals surface area contributed by atoms with E-state index in [-0.39, 0.29) is 22.6 Å². The summed E-state index contributed by atoms with van der Waals surface area (Å²) >= 11 is 1.22. The maximum Gasteiger partial charge on any atom is 0.388 e. The van der Waals surface area contributed by atoms with Gasteiger partial charge in [0.25, 0.3) is 15.9 Å². The smallest absolute Gasteiger partial charge is 0.301 e. The molecule has 0 unspecified atom stereocenters. The van der Waals surface area contributed by atoms with E-state index in [0.717, 1.165) is 0 Å². The lowest BCUT2D eigenvalue weighted by Gasteiger charge is -2.05. The largest absolute Gasteiger partial charge is 0.388 e. The number of thioether (sulfide) groups is 1. The van der Waals surface area contributed by atoms with Crippen molar-refractivity contribution in [3.05, 3.63) is 47.0 Å². The number of amides is 1. The predicted octanol–water partition coefficient (Wildman–Crippen LogP) is 0.468. The summed E-state index contributed by atoms with van der Waals surface area (Å²) in [6, 6.07) is 7.56. The molecule has 0 aliphatic carbocycles. The number of benzene rings is 1. The van der Waals surface area contributed by atoms with Crippen LogP contribution in [0.15, 0.2) is 51.3 Å². The van der Waals surface area contributed by atoms with E-state index in [1.54, 1.807) is 25.3 Å². The molecule has 3 rings (SSSR count). The summed E-state index contributed by atoms with van der Waals surface area (Å²) < 4.78 is 27.2. The predicted molar refractivity (Wildman–Crippen MR) is 99.5 cm³/mol. The number of amidine groups is 1. The van der Waals surface area contributed by atoms with E-state index >= 15 is 0 Å². The number of hydrogen-bond donors (Lipinski definition) is 3. The number of carbonyl (C=O) groups is 1. The van der Waals surface area contributed by atoms with E-state index in [9.17, 15) is 13.2 Å². The topological polar surface area (TPSA) is 141 Å². The number of rotatable bonds is 4. The molecule has 5 N–H and O–H groups in total. The number of aromatic amines is 1. The molecule has 1 saturated heterocycles. The van der Waals surface area contributed by atoms with Crippen LogP contribution in [0.5, 0.6) is 0 Å². The second-order valence-corrected chi connectivity index (χ2v) is 7.84. The zero-order valence-corrected chi connectivity index (χ0v) is 15.2. The quantitative estimate of drug-likeness (QED) is 0.647. The van der Waals surface area contributed by atoms with Gasteiger partial charge < -0.3 is 5.32 Å². The van der Waals surface area contributed by atoms with Gasteiger partial charge in [0.1, 0.15) is 0 Å². The van der Waals surface area contributed by atoms with Gasteiger partial charge in [-0.2, -0.15) is 0 Å². The van der Waals surface area contributed by atoms with Gasteiger partial charge in [0.2, 0.25) is 5.82 Å². The molecule has 1 aromatic heterocycles. The summed E-state index contributed by atoms with van der Waals surface area (Å²) in [4.78, 5) is 22.8. The maximum atomic E-state index is 12.4. The molecule has 1 aliphatic heterocycles. The van der Waals surface area contributed by atoms with Crippen molar-refractivity contribution in [2.24, 2.45) is 4.99 Å². The van der Waals surface area contributed by atoms with Crippen LogP contribution in [0.2, 0.25) is 0 Å². The van der Waals surface area contributed by atoms with Gasteiger partial charge in [-0.3, -0.25) is 15.5 Å². The third-order valence-corrected chi connectivity index (χ3v) is 5.67. The van der Waals surface area contributed by atoms with Crippen LogP contribution in [0, 0.1) is 0 Å². The standard InChI is InChI=1S/C15H14N6O3S2/c1-17-15-20-13(22)11(25-15)8-9-2-4-10(5-3-9)26(23,24)21-12-6-7-18-14(16)19-12/h2-8H,1H3,(H,17,20,22)(H3,16,18,19,21)/p+1. The van der Waals surface area contributed by atoms with Gasteiger partial charge in [-0.05, 0) is 35.5 Å². The molecule has 134 valence electrons. The number of hydrogen-bond acceptors (Lipinski definition) is 7. The number of carbonyl (C=O) groups excluding carboxylic acids is 1. The van der Waals surface area contributed by atoms with Crippen LogP contribution in [-0.2, 0) is 14.8 Å². The van der Waals surface area contributed by atoms with Crippen molar-refractivity contribution in [3.63, 3.8) is 0 Å².